The largest absolute Gasteiger partial charge is 0.421 e. The van der Waals surface area contributed by atoms with E-state index in [0.29, 0.717) is 0 Å². The fourth-order valence-corrected chi connectivity index (χ4v) is 4.07. The van der Waals surface area contributed by atoms with Crippen molar-refractivity contribution in [2.75, 3.05) is 18.4 Å². The monoisotopic (exact) mass is 429 g/mol. The summed E-state index contributed by atoms with van der Waals surface area (Å²) in [5, 5.41) is 3.04. The number of hydrogen-bond donors (Lipinski definition) is 1. The molecule has 1 N–H and O–H groups in total. The van der Waals surface area contributed by atoms with Crippen molar-refractivity contribution in [1.82, 2.24) is 19.4 Å². The number of benzene rings is 1. The predicted octanol–water partition coefficient (Wildman–Crippen LogP) is 5.55. The van der Waals surface area contributed by atoms with Crippen molar-refractivity contribution in [3.05, 3.63) is 64.6 Å². The van der Waals surface area contributed by atoms with Crippen LogP contribution in [0.25, 0.3) is 5.82 Å². The minimum Gasteiger partial charge on any atom is -0.324 e. The number of likely N-dealkylation sites (tertiary alicyclic amines) is 1. The van der Waals surface area contributed by atoms with Gasteiger partial charge in [0.15, 0.2) is 5.82 Å². The summed E-state index contributed by atoms with van der Waals surface area (Å²) in [7, 11) is 0. The molecule has 0 amide bonds. The van der Waals surface area contributed by atoms with Crippen LogP contribution in [0.1, 0.15) is 40.7 Å². The number of alkyl halides is 3. The van der Waals surface area contributed by atoms with Crippen molar-refractivity contribution in [2.24, 2.45) is 0 Å². The molecule has 2 aromatic heterocycles. The number of anilines is 2. The third kappa shape index (κ3) is 4.90. The summed E-state index contributed by atoms with van der Waals surface area (Å²) in [6, 6.07) is 5.83. The molecule has 0 spiro atoms. The molecule has 3 heterocycles. The van der Waals surface area contributed by atoms with Gasteiger partial charge in [-0.15, -0.1) is 0 Å². The lowest BCUT2D eigenvalue weighted by molar-refractivity contribution is -0.137. The molecule has 0 unspecified atom stereocenters. The lowest BCUT2D eigenvalue weighted by Gasteiger charge is -2.15. The molecule has 164 valence electrons. The van der Waals surface area contributed by atoms with Gasteiger partial charge in [-0.05, 0) is 81.1 Å². The van der Waals surface area contributed by atoms with E-state index in [2.05, 4.69) is 20.2 Å². The first-order valence-corrected chi connectivity index (χ1v) is 10.4. The topological polar surface area (TPSA) is 46.0 Å². The van der Waals surface area contributed by atoms with E-state index in [4.69, 9.17) is 0 Å². The summed E-state index contributed by atoms with van der Waals surface area (Å²) in [6.45, 7) is 8.62. The zero-order chi connectivity index (χ0) is 22.2. The summed E-state index contributed by atoms with van der Waals surface area (Å²) in [4.78, 5) is 10.5. The van der Waals surface area contributed by atoms with Crippen molar-refractivity contribution in [3.8, 4) is 5.82 Å². The highest BCUT2D eigenvalue weighted by Crippen LogP contribution is 2.34. The molecule has 1 aliphatic rings. The molecule has 0 atom stereocenters. The normalized spacial score (nSPS) is 14.9. The average molecular weight is 429 g/mol. The Morgan fingerprint density at radius 1 is 1.00 bits per heavy atom. The first kappa shape index (κ1) is 21.4. The number of aryl methyl sites for hydroxylation is 3. The Labute approximate surface area is 179 Å². The average Bonchev–Trinajstić information content (AvgIpc) is 3.30. The third-order valence-electron chi connectivity index (χ3n) is 5.52. The van der Waals surface area contributed by atoms with Gasteiger partial charge in [0.2, 0.25) is 5.95 Å². The van der Waals surface area contributed by atoms with Gasteiger partial charge in [-0.2, -0.15) is 18.2 Å². The van der Waals surface area contributed by atoms with Crippen molar-refractivity contribution in [2.45, 2.75) is 46.3 Å². The highest BCUT2D eigenvalue weighted by Gasteiger charge is 2.36. The molecule has 1 fully saturated rings. The van der Waals surface area contributed by atoms with E-state index in [-0.39, 0.29) is 11.8 Å². The minimum atomic E-state index is -4.55. The Hall–Kier alpha value is -2.87. The lowest BCUT2D eigenvalue weighted by Crippen LogP contribution is -2.18. The predicted molar refractivity (Wildman–Crippen MR) is 115 cm³/mol. The lowest BCUT2D eigenvalue weighted by atomic mass is 10.1. The Kier molecular flexibility index (Phi) is 5.75. The van der Waals surface area contributed by atoms with Crippen LogP contribution in [0, 0.1) is 20.8 Å². The SMILES string of the molecule is Cc1cc(C)cc(Nc2ncc(C(F)(F)F)c(-n3cc(C)c(CN4CCCC4)c3)n2)c1. The van der Waals surface area contributed by atoms with Crippen molar-refractivity contribution in [3.63, 3.8) is 0 Å². The molecule has 1 aromatic carbocycles. The molecular formula is C23H26F3N5. The first-order chi connectivity index (χ1) is 14.7. The van der Waals surface area contributed by atoms with Crippen LogP contribution in [0.4, 0.5) is 24.8 Å². The molecule has 31 heavy (non-hydrogen) atoms. The highest BCUT2D eigenvalue weighted by molar-refractivity contribution is 5.57. The maximum absolute atomic E-state index is 13.7. The zero-order valence-corrected chi connectivity index (χ0v) is 17.9. The number of hydrogen-bond acceptors (Lipinski definition) is 4. The van der Waals surface area contributed by atoms with Crippen LogP contribution in [0.3, 0.4) is 0 Å². The summed E-state index contributed by atoms with van der Waals surface area (Å²) >= 11 is 0. The quantitative estimate of drug-likeness (QED) is 0.578. The van der Waals surface area contributed by atoms with Gasteiger partial charge >= 0.3 is 6.18 Å². The molecular weight excluding hydrogens is 403 g/mol. The van der Waals surface area contributed by atoms with Crippen LogP contribution in [0.2, 0.25) is 0 Å². The summed E-state index contributed by atoms with van der Waals surface area (Å²) in [6.07, 6.45) is 2.09. The Bertz CT molecular complexity index is 1060. The minimum absolute atomic E-state index is 0.125. The molecule has 0 aliphatic carbocycles. The van der Waals surface area contributed by atoms with Crippen LogP contribution in [0.5, 0.6) is 0 Å². The Morgan fingerprint density at radius 3 is 2.32 bits per heavy atom. The third-order valence-corrected chi connectivity index (χ3v) is 5.52. The number of rotatable bonds is 5. The van der Waals surface area contributed by atoms with Gasteiger partial charge in [-0.3, -0.25) is 4.90 Å². The van der Waals surface area contributed by atoms with E-state index >= 15 is 0 Å². The van der Waals surface area contributed by atoms with Crippen LogP contribution >= 0.6 is 0 Å². The van der Waals surface area contributed by atoms with E-state index in [1.54, 1.807) is 12.4 Å². The van der Waals surface area contributed by atoms with E-state index in [1.807, 2.05) is 39.0 Å². The van der Waals surface area contributed by atoms with Crippen LogP contribution < -0.4 is 5.32 Å². The molecule has 0 bridgehead atoms. The van der Waals surface area contributed by atoms with Gasteiger partial charge < -0.3 is 9.88 Å². The molecule has 1 saturated heterocycles. The fourth-order valence-electron chi connectivity index (χ4n) is 4.07. The molecule has 4 rings (SSSR count). The van der Waals surface area contributed by atoms with Crippen molar-refractivity contribution >= 4 is 11.6 Å². The first-order valence-electron chi connectivity index (χ1n) is 10.4. The maximum atomic E-state index is 13.7. The standard InChI is InChI=1S/C23H26F3N5/c1-15-8-16(2)10-19(9-15)28-22-27-11-20(23(24,25)26)21(29-22)31-12-17(3)18(14-31)13-30-6-4-5-7-30/h8-12,14H,4-7,13H2,1-3H3,(H,27,28,29). The second kappa shape index (κ2) is 8.34. The Morgan fingerprint density at radius 2 is 1.68 bits per heavy atom. The van der Waals surface area contributed by atoms with Crippen molar-refractivity contribution < 1.29 is 13.2 Å². The molecule has 8 heteroatoms. The number of nitrogens with zero attached hydrogens (tertiary/aromatic N) is 4. The number of halogens is 3. The zero-order valence-electron chi connectivity index (χ0n) is 17.9. The van der Waals surface area contributed by atoms with E-state index in [9.17, 15) is 13.2 Å². The van der Waals surface area contributed by atoms with Crippen LogP contribution in [-0.2, 0) is 12.7 Å². The summed E-state index contributed by atoms with van der Waals surface area (Å²) in [5.74, 6) is -0.0504. The highest BCUT2D eigenvalue weighted by atomic mass is 19.4. The fraction of sp³-hybridized carbons (Fsp3) is 0.391. The molecule has 3 aromatic rings. The summed E-state index contributed by atoms with van der Waals surface area (Å²) < 4.78 is 42.6. The maximum Gasteiger partial charge on any atom is 0.421 e. The van der Waals surface area contributed by atoms with Gasteiger partial charge in [-0.25, -0.2) is 4.98 Å². The Balaban J connectivity index is 1.70. The molecule has 0 radical (unpaired) electrons. The van der Waals surface area contributed by atoms with Gasteiger partial charge in [-0.1, -0.05) is 6.07 Å². The number of aromatic nitrogens is 3. The van der Waals surface area contributed by atoms with Crippen molar-refractivity contribution in [1.29, 1.82) is 0 Å². The van der Waals surface area contributed by atoms with Gasteiger partial charge in [0.1, 0.15) is 5.56 Å². The molecule has 5 nitrogen and oxygen atoms in total. The summed E-state index contributed by atoms with van der Waals surface area (Å²) in [5.41, 5.74) is 3.92. The van der Waals surface area contributed by atoms with E-state index < -0.39 is 11.7 Å². The van der Waals surface area contributed by atoms with Gasteiger partial charge in [0, 0.05) is 30.8 Å². The van der Waals surface area contributed by atoms with E-state index in [0.717, 1.165) is 66.6 Å². The molecule has 0 saturated carbocycles. The molecule has 1 aliphatic heterocycles. The van der Waals surface area contributed by atoms with E-state index in [1.165, 1.54) is 4.57 Å². The van der Waals surface area contributed by atoms with Gasteiger partial charge in [0.05, 0.1) is 0 Å². The van der Waals surface area contributed by atoms with Gasteiger partial charge in [0.25, 0.3) is 0 Å². The second-order valence-corrected chi connectivity index (χ2v) is 8.29. The smallest absolute Gasteiger partial charge is 0.324 e. The van der Waals surface area contributed by atoms with Crippen LogP contribution in [-0.4, -0.2) is 32.5 Å². The second-order valence-electron chi connectivity index (χ2n) is 8.29. The van der Waals surface area contributed by atoms with Crippen LogP contribution in [0.15, 0.2) is 36.8 Å². The number of nitrogens with one attached hydrogen (secondary N) is 1.